The Labute approximate surface area is 277 Å². The molecule has 10 aromatic rings. The van der Waals surface area contributed by atoms with Crippen molar-refractivity contribution in [3.8, 4) is 56.4 Å². The quantitative estimate of drug-likeness (QED) is 0.194. The van der Waals surface area contributed by atoms with Crippen LogP contribution in [0.15, 0.2) is 138 Å². The number of hydrogen-bond donors (Lipinski definition) is 0. The third-order valence-corrected chi connectivity index (χ3v) is 10.8. The number of hydrogen-bond acceptors (Lipinski definition) is 6. The van der Waals surface area contributed by atoms with Gasteiger partial charge in [0.05, 0.1) is 0 Å². The molecule has 0 spiro atoms. The normalized spacial score (nSPS) is 12.2. The Bertz CT molecular complexity index is 2980. The first-order valence-electron chi connectivity index (χ1n) is 15.9. The molecule has 222 valence electrons. The van der Waals surface area contributed by atoms with Crippen molar-refractivity contribution < 1.29 is 4.42 Å². The first kappa shape index (κ1) is 25.9. The highest BCUT2D eigenvalue weighted by atomic mass is 32.1. The van der Waals surface area contributed by atoms with Crippen molar-refractivity contribution in [2.75, 3.05) is 0 Å². The van der Waals surface area contributed by atoms with Crippen LogP contribution in [0.5, 0.6) is 0 Å². The zero-order valence-electron chi connectivity index (χ0n) is 25.3. The van der Waals surface area contributed by atoms with Crippen LogP contribution in [0.1, 0.15) is 0 Å². The smallest absolute Gasteiger partial charge is 0.165 e. The van der Waals surface area contributed by atoms with Gasteiger partial charge in [0, 0.05) is 76.4 Å². The van der Waals surface area contributed by atoms with E-state index in [1.807, 2.05) is 42.7 Å². The summed E-state index contributed by atoms with van der Waals surface area (Å²) in [6.45, 7) is 0. The van der Waals surface area contributed by atoms with Gasteiger partial charge in [0.15, 0.2) is 17.5 Å². The van der Waals surface area contributed by atoms with Gasteiger partial charge in [-0.3, -0.25) is 4.98 Å². The van der Waals surface area contributed by atoms with Gasteiger partial charge in [-0.15, -0.1) is 11.3 Å². The maximum atomic E-state index is 6.28. The molecule has 0 N–H and O–H groups in total. The van der Waals surface area contributed by atoms with E-state index in [4.69, 9.17) is 19.4 Å². The van der Waals surface area contributed by atoms with Crippen molar-refractivity contribution >= 4 is 64.2 Å². The van der Waals surface area contributed by atoms with Crippen molar-refractivity contribution in [2.45, 2.75) is 0 Å². The zero-order chi connectivity index (χ0) is 31.3. The molecular weight excluding hydrogens is 609 g/mol. The highest BCUT2D eigenvalue weighted by molar-refractivity contribution is 7.26. The molecule has 48 heavy (non-hydrogen) atoms. The van der Waals surface area contributed by atoms with E-state index in [-0.39, 0.29) is 0 Å². The molecule has 0 radical (unpaired) electrons. The lowest BCUT2D eigenvalue weighted by atomic mass is 10.0. The fourth-order valence-electron chi connectivity index (χ4n) is 7.45. The van der Waals surface area contributed by atoms with Gasteiger partial charge in [-0.1, -0.05) is 84.9 Å². The summed E-state index contributed by atoms with van der Waals surface area (Å²) in [6.07, 6.45) is 3.91. The zero-order valence-corrected chi connectivity index (χ0v) is 26.1. The predicted octanol–water partition coefficient (Wildman–Crippen LogP) is 11.3. The third-order valence-electron chi connectivity index (χ3n) is 9.55. The van der Waals surface area contributed by atoms with Crippen molar-refractivity contribution in [1.29, 1.82) is 0 Å². The first-order valence-corrected chi connectivity index (χ1v) is 16.7. The van der Waals surface area contributed by atoms with Gasteiger partial charge >= 0.3 is 0 Å². The molecular formula is C42H22N4OS. The Hall–Kier alpha value is -6.24. The molecule has 4 aromatic heterocycles. The van der Waals surface area contributed by atoms with E-state index in [0.717, 1.165) is 54.3 Å². The molecule has 0 bridgehead atoms. The summed E-state index contributed by atoms with van der Waals surface area (Å²) in [6, 6.07) is 42.1. The lowest BCUT2D eigenvalue weighted by molar-refractivity contribution is 0.669. The summed E-state index contributed by atoms with van der Waals surface area (Å²) in [5.41, 5.74) is 9.20. The van der Waals surface area contributed by atoms with E-state index >= 15 is 0 Å². The molecule has 11 rings (SSSR count). The number of thiophene rings is 1. The topological polar surface area (TPSA) is 64.7 Å². The number of pyridine rings is 1. The average molecular weight is 631 g/mol. The summed E-state index contributed by atoms with van der Waals surface area (Å²) in [7, 11) is 0. The molecule has 0 atom stereocenters. The lowest BCUT2D eigenvalue weighted by Gasteiger charge is -2.11. The fourth-order valence-corrected chi connectivity index (χ4v) is 8.66. The maximum absolute atomic E-state index is 6.28. The van der Waals surface area contributed by atoms with E-state index in [0.29, 0.717) is 17.5 Å². The van der Waals surface area contributed by atoms with Crippen molar-refractivity contribution in [2.24, 2.45) is 0 Å². The maximum Gasteiger partial charge on any atom is 0.165 e. The largest absolute Gasteiger partial charge is 0.456 e. The van der Waals surface area contributed by atoms with Crippen molar-refractivity contribution in [1.82, 2.24) is 19.9 Å². The van der Waals surface area contributed by atoms with Crippen LogP contribution in [0.25, 0.3) is 109 Å². The number of aromatic nitrogens is 4. The van der Waals surface area contributed by atoms with Crippen LogP contribution < -0.4 is 0 Å². The van der Waals surface area contributed by atoms with Gasteiger partial charge in [0.25, 0.3) is 0 Å². The van der Waals surface area contributed by atoms with Gasteiger partial charge < -0.3 is 4.42 Å². The molecule has 6 heteroatoms. The Kier molecular flexibility index (Phi) is 5.20. The molecule has 0 amide bonds. The van der Waals surface area contributed by atoms with Crippen LogP contribution >= 0.6 is 11.3 Å². The van der Waals surface area contributed by atoms with Gasteiger partial charge in [-0.05, 0) is 53.1 Å². The van der Waals surface area contributed by atoms with Gasteiger partial charge in [-0.2, -0.15) is 0 Å². The number of benzene rings is 6. The Balaban J connectivity index is 1.22. The fraction of sp³-hybridized carbons (Fsp3) is 0. The van der Waals surface area contributed by atoms with Crippen LogP contribution in [0.3, 0.4) is 0 Å². The summed E-state index contributed by atoms with van der Waals surface area (Å²) in [5, 5.41) is 6.75. The Morgan fingerprint density at radius 1 is 0.458 bits per heavy atom. The predicted molar refractivity (Wildman–Crippen MR) is 196 cm³/mol. The molecule has 0 saturated carbocycles. The molecule has 5 nitrogen and oxygen atoms in total. The van der Waals surface area contributed by atoms with E-state index in [9.17, 15) is 0 Å². The molecule has 1 aliphatic carbocycles. The molecule has 0 unspecified atom stereocenters. The van der Waals surface area contributed by atoms with Crippen LogP contribution in [-0.2, 0) is 0 Å². The van der Waals surface area contributed by atoms with Gasteiger partial charge in [0.1, 0.15) is 11.2 Å². The number of furan rings is 1. The van der Waals surface area contributed by atoms with E-state index in [1.165, 1.54) is 37.5 Å². The third kappa shape index (κ3) is 3.60. The minimum absolute atomic E-state index is 0.606. The van der Waals surface area contributed by atoms with Gasteiger partial charge in [-0.25, -0.2) is 15.0 Å². The average Bonchev–Trinajstić information content (AvgIpc) is 3.82. The van der Waals surface area contributed by atoms with Crippen LogP contribution in [0.4, 0.5) is 0 Å². The second kappa shape index (κ2) is 9.64. The number of fused-ring (bicyclic) bond motifs is 9. The monoisotopic (exact) mass is 630 g/mol. The number of para-hydroxylation sites is 1. The molecule has 1 aliphatic rings. The van der Waals surface area contributed by atoms with E-state index in [1.54, 1.807) is 11.3 Å². The molecule has 4 heterocycles. The van der Waals surface area contributed by atoms with Crippen LogP contribution in [0, 0.1) is 0 Å². The Morgan fingerprint density at radius 2 is 1.12 bits per heavy atom. The second-order valence-corrected chi connectivity index (χ2v) is 13.3. The SMILES string of the molecule is c1ccc2c(c1)-c1cncc3cc(-c4nc(-c5cccc6c5sc5ccccc56)nc(-c5cccc6oc7ccccc7c56)n4)cc-2c13. The van der Waals surface area contributed by atoms with Crippen molar-refractivity contribution in [3.63, 3.8) is 0 Å². The number of rotatable bonds is 3. The van der Waals surface area contributed by atoms with Crippen LogP contribution in [0.2, 0.25) is 0 Å². The number of nitrogens with zero attached hydrogens (tertiary/aromatic N) is 4. The summed E-state index contributed by atoms with van der Waals surface area (Å²) >= 11 is 1.78. The molecule has 0 fully saturated rings. The lowest BCUT2D eigenvalue weighted by Crippen LogP contribution is -2.01. The standard InChI is InChI=1S/C42H22N4OS/c1-2-10-26-25(9-1)32-20-23(19-24-21-43-22-33(26)37(24)32)40-44-41(30-14-8-17-35-38(30)29-12-3-5-16-34(29)47-35)46-42(45-40)31-15-7-13-28-27-11-4-6-18-36(27)48-39(28)31/h1-22H. The van der Waals surface area contributed by atoms with Crippen molar-refractivity contribution in [3.05, 3.63) is 134 Å². The molecule has 0 saturated heterocycles. The van der Waals surface area contributed by atoms with Gasteiger partial charge in [0.2, 0.25) is 0 Å². The molecule has 0 aliphatic heterocycles. The minimum atomic E-state index is 0.606. The van der Waals surface area contributed by atoms with E-state index in [2.05, 4.69) is 96.0 Å². The Morgan fingerprint density at radius 3 is 2.04 bits per heavy atom. The summed E-state index contributed by atoms with van der Waals surface area (Å²) in [4.78, 5) is 20.3. The minimum Gasteiger partial charge on any atom is -0.456 e. The summed E-state index contributed by atoms with van der Waals surface area (Å²) < 4.78 is 8.68. The highest BCUT2D eigenvalue weighted by Crippen LogP contribution is 2.48. The highest BCUT2D eigenvalue weighted by Gasteiger charge is 2.24. The molecule has 6 aromatic carbocycles. The van der Waals surface area contributed by atoms with Crippen LogP contribution in [-0.4, -0.2) is 19.9 Å². The summed E-state index contributed by atoms with van der Waals surface area (Å²) in [5.74, 6) is 1.86. The first-order chi connectivity index (χ1) is 23.8. The second-order valence-electron chi connectivity index (χ2n) is 12.2. The van der Waals surface area contributed by atoms with E-state index < -0.39 is 0 Å².